The SMILES string of the molecule is Cc1ccc(C(OC(N)=O)=S=O)cc1. The molecular formula is C9H9NO3S. The summed E-state index contributed by atoms with van der Waals surface area (Å²) in [5.41, 5.74) is 6.41. The molecule has 0 aliphatic carbocycles. The molecule has 0 bridgehead atoms. The zero-order valence-corrected chi connectivity index (χ0v) is 8.34. The van der Waals surface area contributed by atoms with Crippen LogP contribution in [0.3, 0.4) is 0 Å². The van der Waals surface area contributed by atoms with Crippen LogP contribution < -0.4 is 5.73 Å². The van der Waals surface area contributed by atoms with Crippen molar-refractivity contribution in [1.29, 1.82) is 0 Å². The third kappa shape index (κ3) is 2.70. The summed E-state index contributed by atoms with van der Waals surface area (Å²) in [6.45, 7) is 1.92. The van der Waals surface area contributed by atoms with E-state index in [1.54, 1.807) is 12.1 Å². The zero-order chi connectivity index (χ0) is 10.6. The summed E-state index contributed by atoms with van der Waals surface area (Å²) in [4.78, 5) is 10.4. The number of carbonyl (C=O) groups excluding carboxylic acids is 1. The first-order valence-corrected chi connectivity index (χ1v) is 4.58. The summed E-state index contributed by atoms with van der Waals surface area (Å²) in [5.74, 6) is 0. The highest BCUT2D eigenvalue weighted by Gasteiger charge is 2.06. The van der Waals surface area contributed by atoms with Crippen LogP contribution in [0, 0.1) is 6.92 Å². The Morgan fingerprint density at radius 1 is 1.36 bits per heavy atom. The normalized spacial score (nSPS) is 9.21. The van der Waals surface area contributed by atoms with E-state index in [2.05, 4.69) is 4.74 Å². The molecule has 1 aromatic rings. The number of amides is 1. The molecule has 0 atom stereocenters. The maximum absolute atomic E-state index is 10.6. The minimum atomic E-state index is -0.982. The van der Waals surface area contributed by atoms with Crippen molar-refractivity contribution >= 4 is 22.4 Å². The highest BCUT2D eigenvalue weighted by Crippen LogP contribution is 2.04. The lowest BCUT2D eigenvalue weighted by Gasteiger charge is -2.02. The molecule has 0 aliphatic rings. The Morgan fingerprint density at radius 3 is 2.36 bits per heavy atom. The van der Waals surface area contributed by atoms with Crippen LogP contribution in [0.4, 0.5) is 4.79 Å². The van der Waals surface area contributed by atoms with Crippen molar-refractivity contribution < 1.29 is 13.7 Å². The summed E-state index contributed by atoms with van der Waals surface area (Å²) in [7, 11) is 0. The van der Waals surface area contributed by atoms with Gasteiger partial charge in [0.1, 0.15) is 11.3 Å². The molecule has 0 radical (unpaired) electrons. The van der Waals surface area contributed by atoms with Gasteiger partial charge in [-0.1, -0.05) is 17.7 Å². The van der Waals surface area contributed by atoms with Gasteiger partial charge in [0.25, 0.3) is 0 Å². The molecule has 0 fully saturated rings. The molecule has 2 N–H and O–H groups in total. The highest BCUT2D eigenvalue weighted by molar-refractivity contribution is 7.66. The second kappa shape index (κ2) is 4.57. The van der Waals surface area contributed by atoms with E-state index in [9.17, 15) is 9.00 Å². The van der Waals surface area contributed by atoms with Gasteiger partial charge in [-0.2, -0.15) is 0 Å². The summed E-state index contributed by atoms with van der Waals surface area (Å²) >= 11 is 0.101. The van der Waals surface area contributed by atoms with E-state index in [4.69, 9.17) is 5.73 Å². The average molecular weight is 211 g/mol. The smallest absolute Gasteiger partial charge is 0.395 e. The average Bonchev–Trinajstić information content (AvgIpc) is 2.15. The van der Waals surface area contributed by atoms with Crippen molar-refractivity contribution in [3.8, 4) is 0 Å². The van der Waals surface area contributed by atoms with E-state index in [-0.39, 0.29) is 16.3 Å². The van der Waals surface area contributed by atoms with Crippen LogP contribution in [0.5, 0.6) is 0 Å². The molecule has 0 spiro atoms. The minimum Gasteiger partial charge on any atom is -0.395 e. The van der Waals surface area contributed by atoms with Crippen LogP contribution in [0.25, 0.3) is 0 Å². The fourth-order valence-electron chi connectivity index (χ4n) is 0.905. The van der Waals surface area contributed by atoms with Crippen LogP contribution in [0.15, 0.2) is 24.3 Å². The van der Waals surface area contributed by atoms with E-state index in [1.807, 2.05) is 19.1 Å². The Bertz CT molecular complexity index is 393. The van der Waals surface area contributed by atoms with Crippen LogP contribution in [-0.2, 0) is 16.0 Å². The number of ether oxygens (including phenoxy) is 1. The Balaban J connectivity index is 2.97. The second-order valence-corrected chi connectivity index (χ2v) is 3.20. The Hall–Kier alpha value is -1.62. The van der Waals surface area contributed by atoms with Crippen molar-refractivity contribution in [2.75, 3.05) is 0 Å². The molecule has 0 aromatic heterocycles. The zero-order valence-electron chi connectivity index (χ0n) is 7.52. The third-order valence-corrected chi connectivity index (χ3v) is 2.03. The molecule has 5 heteroatoms. The lowest BCUT2D eigenvalue weighted by Crippen LogP contribution is -2.19. The molecule has 0 saturated heterocycles. The summed E-state index contributed by atoms with van der Waals surface area (Å²) in [6.07, 6.45) is -0.982. The highest BCUT2D eigenvalue weighted by atomic mass is 32.1. The molecule has 4 nitrogen and oxygen atoms in total. The van der Waals surface area contributed by atoms with Gasteiger partial charge < -0.3 is 10.5 Å². The Labute approximate surface area is 84.8 Å². The molecular weight excluding hydrogens is 202 g/mol. The minimum absolute atomic E-state index is 0.0301. The second-order valence-electron chi connectivity index (χ2n) is 2.66. The number of rotatable bonds is 1. The van der Waals surface area contributed by atoms with E-state index in [0.717, 1.165) is 5.56 Å². The quantitative estimate of drug-likeness (QED) is 0.698. The van der Waals surface area contributed by atoms with Crippen LogP contribution >= 0.6 is 0 Å². The van der Waals surface area contributed by atoms with Gasteiger partial charge in [0.2, 0.25) is 5.05 Å². The molecule has 1 amide bonds. The van der Waals surface area contributed by atoms with Crippen molar-refractivity contribution in [1.82, 2.24) is 0 Å². The van der Waals surface area contributed by atoms with Gasteiger partial charge in [-0.15, -0.1) is 0 Å². The Morgan fingerprint density at radius 2 is 1.93 bits per heavy atom. The van der Waals surface area contributed by atoms with Gasteiger partial charge in [-0.25, -0.2) is 9.00 Å². The summed E-state index contributed by atoms with van der Waals surface area (Å²) in [6, 6.07) is 7.02. The first-order valence-electron chi connectivity index (χ1n) is 3.84. The van der Waals surface area contributed by atoms with E-state index >= 15 is 0 Å². The van der Waals surface area contributed by atoms with Gasteiger partial charge in [0, 0.05) is 5.56 Å². The van der Waals surface area contributed by atoms with Crippen molar-refractivity contribution in [3.05, 3.63) is 35.4 Å². The number of hydrogen-bond donors (Lipinski definition) is 1. The van der Waals surface area contributed by atoms with Gasteiger partial charge in [0.15, 0.2) is 0 Å². The van der Waals surface area contributed by atoms with Crippen molar-refractivity contribution in [2.45, 2.75) is 6.92 Å². The molecule has 74 valence electrons. The molecule has 1 aromatic carbocycles. The standard InChI is InChI=1S/C9H9NO3S/c1-6-2-4-7(5-3-6)8(14-12)13-9(10)11/h2-5H,1H3,(H2,10,11). The lowest BCUT2D eigenvalue weighted by molar-refractivity contribution is 0.209. The molecule has 0 saturated carbocycles. The molecule has 0 heterocycles. The van der Waals surface area contributed by atoms with Crippen LogP contribution in [0.1, 0.15) is 11.1 Å². The number of aryl methyl sites for hydroxylation is 1. The summed E-state index contributed by atoms with van der Waals surface area (Å²) < 4.78 is 15.1. The van der Waals surface area contributed by atoms with Crippen molar-refractivity contribution in [3.63, 3.8) is 0 Å². The maximum Gasteiger partial charge on any atom is 0.410 e. The van der Waals surface area contributed by atoms with Crippen LogP contribution in [-0.4, -0.2) is 15.4 Å². The van der Waals surface area contributed by atoms with E-state index in [1.165, 1.54) is 0 Å². The number of primary amides is 1. The fraction of sp³-hybridized carbons (Fsp3) is 0.111. The molecule has 1 rings (SSSR count). The lowest BCUT2D eigenvalue weighted by atomic mass is 10.2. The third-order valence-electron chi connectivity index (χ3n) is 1.56. The fourth-order valence-corrected chi connectivity index (χ4v) is 1.25. The maximum atomic E-state index is 10.6. The van der Waals surface area contributed by atoms with Crippen molar-refractivity contribution in [2.24, 2.45) is 5.73 Å². The van der Waals surface area contributed by atoms with Gasteiger partial charge >= 0.3 is 6.09 Å². The van der Waals surface area contributed by atoms with Gasteiger partial charge in [-0.05, 0) is 19.1 Å². The number of benzene rings is 1. The number of nitrogens with two attached hydrogens (primary N) is 1. The molecule has 14 heavy (non-hydrogen) atoms. The predicted octanol–water partition coefficient (Wildman–Crippen LogP) is 0.781. The number of carbonyl (C=O) groups is 1. The predicted molar refractivity (Wildman–Crippen MR) is 54.1 cm³/mol. The largest absolute Gasteiger partial charge is 0.410 e. The van der Waals surface area contributed by atoms with Crippen LogP contribution in [0.2, 0.25) is 0 Å². The van der Waals surface area contributed by atoms with Gasteiger partial charge in [-0.3, -0.25) is 0 Å². The molecule has 0 unspecified atom stereocenters. The first-order chi connectivity index (χ1) is 6.63. The monoisotopic (exact) mass is 211 g/mol. The van der Waals surface area contributed by atoms with E-state index in [0.29, 0.717) is 5.56 Å². The summed E-state index contributed by atoms with van der Waals surface area (Å²) in [5, 5.41) is -0.0301. The number of hydrogen-bond acceptors (Lipinski definition) is 3. The first kappa shape index (κ1) is 10.5. The topological polar surface area (TPSA) is 69.4 Å². The van der Waals surface area contributed by atoms with E-state index < -0.39 is 6.09 Å². The van der Waals surface area contributed by atoms with Gasteiger partial charge in [0.05, 0.1) is 0 Å². The molecule has 0 aliphatic heterocycles. The Kier molecular flexibility index (Phi) is 3.41.